The Balaban J connectivity index is 0.00000106. The number of hydrogen-bond acceptors (Lipinski definition) is 4. The Kier molecular flexibility index (Phi) is 7.08. The minimum Gasteiger partial charge on any atom is -0.363 e. The van der Waals surface area contributed by atoms with Crippen LogP contribution in [0.5, 0.6) is 0 Å². The molecule has 1 N–H and O–H groups in total. The number of aromatic nitrogens is 2. The third kappa shape index (κ3) is 4.97. The van der Waals surface area contributed by atoms with Crippen LogP contribution in [0.3, 0.4) is 0 Å². The van der Waals surface area contributed by atoms with E-state index < -0.39 is 5.82 Å². The SMILES string of the molecule is C=CC(=O)N1CCCC(Nc2nc(Cl)ncc2F)C1.CC. The van der Waals surface area contributed by atoms with E-state index in [1.807, 2.05) is 13.8 Å². The Bertz CT molecular complexity index is 498. The van der Waals surface area contributed by atoms with Gasteiger partial charge in [0.2, 0.25) is 11.2 Å². The van der Waals surface area contributed by atoms with Crippen molar-refractivity contribution in [1.82, 2.24) is 14.9 Å². The second kappa shape index (κ2) is 8.56. The van der Waals surface area contributed by atoms with Gasteiger partial charge in [-0.25, -0.2) is 9.37 Å². The molecule has 1 aliphatic rings. The van der Waals surface area contributed by atoms with Crippen LogP contribution in [0.1, 0.15) is 26.7 Å². The molecule has 1 atom stereocenters. The van der Waals surface area contributed by atoms with Crippen molar-refractivity contribution in [3.8, 4) is 0 Å². The largest absolute Gasteiger partial charge is 0.363 e. The molecular weight excluding hydrogens is 295 g/mol. The summed E-state index contributed by atoms with van der Waals surface area (Å²) in [4.78, 5) is 20.6. The number of amides is 1. The van der Waals surface area contributed by atoms with Crippen molar-refractivity contribution in [2.45, 2.75) is 32.7 Å². The Hall–Kier alpha value is -1.69. The second-order valence-electron chi connectivity index (χ2n) is 4.31. The molecule has 1 aromatic heterocycles. The maximum atomic E-state index is 13.5. The van der Waals surface area contributed by atoms with Crippen molar-refractivity contribution >= 4 is 23.3 Å². The average Bonchev–Trinajstić information content (AvgIpc) is 2.52. The summed E-state index contributed by atoms with van der Waals surface area (Å²) >= 11 is 5.63. The van der Waals surface area contributed by atoms with Gasteiger partial charge in [-0.1, -0.05) is 20.4 Å². The van der Waals surface area contributed by atoms with E-state index in [4.69, 9.17) is 11.6 Å². The zero-order valence-electron chi connectivity index (χ0n) is 12.3. The topological polar surface area (TPSA) is 58.1 Å². The van der Waals surface area contributed by atoms with Gasteiger partial charge in [0.15, 0.2) is 11.6 Å². The quantitative estimate of drug-likeness (QED) is 0.688. The number of halogens is 2. The van der Waals surface area contributed by atoms with Crippen LogP contribution < -0.4 is 5.32 Å². The molecular formula is C14H20ClFN4O. The van der Waals surface area contributed by atoms with Crippen LogP contribution in [0.2, 0.25) is 5.28 Å². The number of hydrogen-bond donors (Lipinski definition) is 1. The maximum absolute atomic E-state index is 13.5. The molecule has 5 nitrogen and oxygen atoms in total. The van der Waals surface area contributed by atoms with Gasteiger partial charge in [-0.15, -0.1) is 0 Å². The number of piperidine rings is 1. The van der Waals surface area contributed by atoms with E-state index in [9.17, 15) is 9.18 Å². The summed E-state index contributed by atoms with van der Waals surface area (Å²) in [6.07, 6.45) is 3.98. The van der Waals surface area contributed by atoms with Gasteiger partial charge >= 0.3 is 0 Å². The van der Waals surface area contributed by atoms with Gasteiger partial charge in [0, 0.05) is 19.1 Å². The van der Waals surface area contributed by atoms with Gasteiger partial charge in [0.05, 0.1) is 6.20 Å². The number of anilines is 1. The summed E-state index contributed by atoms with van der Waals surface area (Å²) in [5, 5.41) is 2.95. The first-order chi connectivity index (χ1) is 10.1. The molecule has 2 heterocycles. The lowest BCUT2D eigenvalue weighted by Gasteiger charge is -2.32. The third-order valence-corrected chi connectivity index (χ3v) is 3.15. The van der Waals surface area contributed by atoms with Gasteiger partial charge in [-0.2, -0.15) is 4.98 Å². The first-order valence-electron chi connectivity index (χ1n) is 6.96. The molecule has 0 aromatic carbocycles. The summed E-state index contributed by atoms with van der Waals surface area (Å²) in [6, 6.07) is -0.0573. The highest BCUT2D eigenvalue weighted by atomic mass is 35.5. The molecule has 1 amide bonds. The number of rotatable bonds is 3. The number of nitrogens with zero attached hydrogens (tertiary/aromatic N) is 3. The highest BCUT2D eigenvalue weighted by molar-refractivity contribution is 6.28. The standard InChI is InChI=1S/C12H14ClFN4O.C2H6/c1-2-10(19)18-5-3-4-8(7-18)16-11-9(14)6-15-12(13)17-11;1-2/h2,6,8H,1,3-5,7H2,(H,15,16,17);1-2H3. The predicted molar refractivity (Wildman–Crippen MR) is 81.8 cm³/mol. The molecule has 0 radical (unpaired) electrons. The Morgan fingerprint density at radius 1 is 1.62 bits per heavy atom. The highest BCUT2D eigenvalue weighted by Gasteiger charge is 2.23. The van der Waals surface area contributed by atoms with Crippen LogP contribution in [0.15, 0.2) is 18.9 Å². The number of likely N-dealkylation sites (tertiary alicyclic amines) is 1. The predicted octanol–water partition coefficient (Wildman–Crippen LogP) is 2.88. The zero-order valence-corrected chi connectivity index (χ0v) is 13.0. The molecule has 7 heteroatoms. The lowest BCUT2D eigenvalue weighted by atomic mass is 10.1. The molecule has 0 bridgehead atoms. The summed E-state index contributed by atoms with van der Waals surface area (Å²) in [6.45, 7) is 8.64. The third-order valence-electron chi connectivity index (χ3n) is 2.96. The monoisotopic (exact) mass is 314 g/mol. The van der Waals surface area contributed by atoms with Crippen molar-refractivity contribution in [3.05, 3.63) is 30.0 Å². The number of nitrogens with one attached hydrogen (secondary N) is 1. The second-order valence-corrected chi connectivity index (χ2v) is 4.65. The molecule has 116 valence electrons. The molecule has 1 aromatic rings. The smallest absolute Gasteiger partial charge is 0.246 e. The fourth-order valence-corrected chi connectivity index (χ4v) is 2.20. The lowest BCUT2D eigenvalue weighted by molar-refractivity contribution is -0.127. The minimum atomic E-state index is -0.559. The first-order valence-corrected chi connectivity index (χ1v) is 7.34. The van der Waals surface area contributed by atoms with Crippen molar-refractivity contribution in [1.29, 1.82) is 0 Å². The van der Waals surface area contributed by atoms with Crippen LogP contribution in [-0.2, 0) is 4.79 Å². The van der Waals surface area contributed by atoms with Crippen LogP contribution in [-0.4, -0.2) is 39.9 Å². The van der Waals surface area contributed by atoms with Crippen molar-refractivity contribution < 1.29 is 9.18 Å². The van der Waals surface area contributed by atoms with Gasteiger partial charge in [0.25, 0.3) is 0 Å². The van der Waals surface area contributed by atoms with E-state index in [0.29, 0.717) is 13.1 Å². The van der Waals surface area contributed by atoms with Gasteiger partial charge in [-0.3, -0.25) is 4.79 Å². The average molecular weight is 315 g/mol. The van der Waals surface area contributed by atoms with E-state index in [2.05, 4.69) is 21.9 Å². The molecule has 1 aliphatic heterocycles. The molecule has 2 rings (SSSR count). The summed E-state index contributed by atoms with van der Waals surface area (Å²) in [5.41, 5.74) is 0. The fourth-order valence-electron chi connectivity index (χ4n) is 2.06. The lowest BCUT2D eigenvalue weighted by Crippen LogP contribution is -2.44. The van der Waals surface area contributed by atoms with Crippen molar-refractivity contribution in [3.63, 3.8) is 0 Å². The number of carbonyl (C=O) groups excluding carboxylic acids is 1. The van der Waals surface area contributed by atoms with E-state index in [1.165, 1.54) is 6.08 Å². The summed E-state index contributed by atoms with van der Waals surface area (Å²) < 4.78 is 13.5. The Morgan fingerprint density at radius 2 is 2.33 bits per heavy atom. The van der Waals surface area contributed by atoms with Gasteiger partial charge in [0.1, 0.15) is 0 Å². The fraction of sp³-hybridized carbons (Fsp3) is 0.500. The first kappa shape index (κ1) is 17.4. The molecule has 0 spiro atoms. The molecule has 0 saturated carbocycles. The van der Waals surface area contributed by atoms with E-state index in [0.717, 1.165) is 19.0 Å². The normalized spacial score (nSPS) is 17.5. The van der Waals surface area contributed by atoms with Crippen LogP contribution >= 0.6 is 11.6 Å². The molecule has 1 saturated heterocycles. The maximum Gasteiger partial charge on any atom is 0.246 e. The van der Waals surface area contributed by atoms with Crippen LogP contribution in [0.4, 0.5) is 10.2 Å². The van der Waals surface area contributed by atoms with E-state index >= 15 is 0 Å². The van der Waals surface area contributed by atoms with Crippen LogP contribution in [0, 0.1) is 5.82 Å². The van der Waals surface area contributed by atoms with Crippen molar-refractivity contribution in [2.24, 2.45) is 0 Å². The highest BCUT2D eigenvalue weighted by Crippen LogP contribution is 2.18. The van der Waals surface area contributed by atoms with Gasteiger partial charge < -0.3 is 10.2 Å². The number of carbonyl (C=O) groups is 1. The summed E-state index contributed by atoms with van der Waals surface area (Å²) in [5.74, 6) is -0.609. The summed E-state index contributed by atoms with van der Waals surface area (Å²) in [7, 11) is 0. The molecule has 1 fully saturated rings. The van der Waals surface area contributed by atoms with Crippen molar-refractivity contribution in [2.75, 3.05) is 18.4 Å². The minimum absolute atomic E-state index is 0.0151. The van der Waals surface area contributed by atoms with E-state index in [1.54, 1.807) is 4.90 Å². The van der Waals surface area contributed by atoms with Crippen LogP contribution in [0.25, 0.3) is 0 Å². The molecule has 1 unspecified atom stereocenters. The van der Waals surface area contributed by atoms with E-state index in [-0.39, 0.29) is 23.1 Å². The molecule has 0 aliphatic carbocycles. The zero-order chi connectivity index (χ0) is 15.8. The van der Waals surface area contributed by atoms with Gasteiger partial charge in [-0.05, 0) is 30.5 Å². The molecule has 21 heavy (non-hydrogen) atoms. The Labute approximate surface area is 129 Å². The Morgan fingerprint density at radius 3 is 3.00 bits per heavy atom.